The van der Waals surface area contributed by atoms with Crippen LogP contribution in [0.15, 0.2) is 18.5 Å². The van der Waals surface area contributed by atoms with Gasteiger partial charge < -0.3 is 16.8 Å². The summed E-state index contributed by atoms with van der Waals surface area (Å²) in [7, 11) is 1.93. The van der Waals surface area contributed by atoms with Gasteiger partial charge in [-0.2, -0.15) is 10.1 Å². The number of anilines is 2. The number of nitrogens with zero attached hydrogens (tertiary/aromatic N) is 4. The Balaban J connectivity index is 1.51. The Morgan fingerprint density at radius 2 is 2.18 bits per heavy atom. The van der Waals surface area contributed by atoms with Gasteiger partial charge in [0.2, 0.25) is 5.95 Å². The molecule has 0 bridgehead atoms. The summed E-state index contributed by atoms with van der Waals surface area (Å²) in [6.07, 6.45) is 7.92. The summed E-state index contributed by atoms with van der Waals surface area (Å²) in [5, 5.41) is 7.49. The van der Waals surface area contributed by atoms with Crippen molar-refractivity contribution in [3.63, 3.8) is 0 Å². The highest BCUT2D eigenvalue weighted by Crippen LogP contribution is 2.35. The SMILES string of the molecule is Cn1cc(CCCNc2cc(C3CC(N)C3)nc(N)n2)cn1. The molecule has 0 saturated heterocycles. The lowest BCUT2D eigenvalue weighted by Gasteiger charge is -2.32. The summed E-state index contributed by atoms with van der Waals surface area (Å²) in [4.78, 5) is 8.58. The van der Waals surface area contributed by atoms with Gasteiger partial charge in [0.15, 0.2) is 0 Å². The van der Waals surface area contributed by atoms with Crippen molar-refractivity contribution in [2.24, 2.45) is 12.8 Å². The molecule has 22 heavy (non-hydrogen) atoms. The number of nitrogens with one attached hydrogen (secondary N) is 1. The fourth-order valence-electron chi connectivity index (χ4n) is 2.80. The fourth-order valence-corrected chi connectivity index (χ4v) is 2.80. The van der Waals surface area contributed by atoms with Crippen molar-refractivity contribution >= 4 is 11.8 Å². The van der Waals surface area contributed by atoms with E-state index in [-0.39, 0.29) is 0 Å². The third-order valence-corrected chi connectivity index (χ3v) is 4.06. The van der Waals surface area contributed by atoms with Gasteiger partial charge in [-0.1, -0.05) is 0 Å². The molecule has 2 aromatic rings. The molecular weight excluding hydrogens is 278 g/mol. The van der Waals surface area contributed by atoms with Crippen molar-refractivity contribution in [1.29, 1.82) is 0 Å². The number of aromatic nitrogens is 4. The van der Waals surface area contributed by atoms with Crippen LogP contribution in [0.25, 0.3) is 0 Å². The summed E-state index contributed by atoms with van der Waals surface area (Å²) in [6, 6.07) is 2.30. The topological polar surface area (TPSA) is 108 Å². The average Bonchev–Trinajstić information content (AvgIpc) is 2.85. The minimum atomic E-state index is 0.303. The molecule has 1 aliphatic carbocycles. The van der Waals surface area contributed by atoms with Crippen LogP contribution in [0.2, 0.25) is 0 Å². The van der Waals surface area contributed by atoms with Crippen LogP contribution in [0.1, 0.15) is 36.4 Å². The van der Waals surface area contributed by atoms with Crippen LogP contribution in [0.3, 0.4) is 0 Å². The maximum atomic E-state index is 5.84. The highest BCUT2D eigenvalue weighted by molar-refractivity contribution is 5.42. The van der Waals surface area contributed by atoms with E-state index < -0.39 is 0 Å². The summed E-state index contributed by atoms with van der Waals surface area (Å²) in [5.74, 6) is 1.55. The molecule has 5 N–H and O–H groups in total. The smallest absolute Gasteiger partial charge is 0.222 e. The number of hydrogen-bond acceptors (Lipinski definition) is 6. The molecule has 0 spiro atoms. The van der Waals surface area contributed by atoms with Gasteiger partial charge in [-0.25, -0.2) is 4.98 Å². The van der Waals surface area contributed by atoms with E-state index in [0.717, 1.165) is 43.7 Å². The molecule has 7 nitrogen and oxygen atoms in total. The molecular formula is C15H23N7. The Morgan fingerprint density at radius 3 is 2.86 bits per heavy atom. The zero-order valence-electron chi connectivity index (χ0n) is 12.9. The van der Waals surface area contributed by atoms with Crippen molar-refractivity contribution in [3.8, 4) is 0 Å². The Morgan fingerprint density at radius 1 is 1.36 bits per heavy atom. The monoisotopic (exact) mass is 301 g/mol. The van der Waals surface area contributed by atoms with Gasteiger partial charge in [0.1, 0.15) is 5.82 Å². The van der Waals surface area contributed by atoms with Crippen LogP contribution in [-0.2, 0) is 13.5 Å². The lowest BCUT2D eigenvalue weighted by molar-refractivity contribution is 0.345. The van der Waals surface area contributed by atoms with E-state index in [1.807, 2.05) is 30.2 Å². The predicted octanol–water partition coefficient (Wildman–Crippen LogP) is 1.04. The van der Waals surface area contributed by atoms with Crippen LogP contribution in [0, 0.1) is 0 Å². The normalized spacial score (nSPS) is 20.6. The predicted molar refractivity (Wildman–Crippen MR) is 86.4 cm³/mol. The summed E-state index contributed by atoms with van der Waals surface area (Å²) >= 11 is 0. The Kier molecular flexibility index (Phi) is 4.24. The van der Waals surface area contributed by atoms with E-state index in [1.54, 1.807) is 0 Å². The van der Waals surface area contributed by atoms with Gasteiger partial charge in [0.05, 0.1) is 11.9 Å². The number of nitrogen functional groups attached to an aromatic ring is 1. The molecule has 0 amide bonds. The van der Waals surface area contributed by atoms with Crippen LogP contribution in [0.5, 0.6) is 0 Å². The van der Waals surface area contributed by atoms with Crippen molar-refractivity contribution in [2.45, 2.75) is 37.6 Å². The third-order valence-electron chi connectivity index (χ3n) is 4.06. The first-order valence-corrected chi connectivity index (χ1v) is 7.71. The Labute approximate surface area is 130 Å². The molecule has 118 valence electrons. The molecule has 0 atom stereocenters. The molecule has 0 aromatic carbocycles. The first-order chi connectivity index (χ1) is 10.6. The number of hydrogen-bond donors (Lipinski definition) is 3. The van der Waals surface area contributed by atoms with Crippen LogP contribution >= 0.6 is 0 Å². The number of nitrogens with two attached hydrogens (primary N) is 2. The van der Waals surface area contributed by atoms with E-state index in [9.17, 15) is 0 Å². The first kappa shape index (κ1) is 14.8. The Hall–Kier alpha value is -2.15. The standard InChI is InChI=1S/C15H23N7/c1-22-9-10(8-19-22)3-2-4-18-14-7-13(20-15(17)21-14)11-5-12(16)6-11/h7-9,11-12H,2-6,16H2,1H3,(H3,17,18,20,21). The van der Waals surface area contributed by atoms with E-state index >= 15 is 0 Å². The zero-order chi connectivity index (χ0) is 15.5. The van der Waals surface area contributed by atoms with Crippen LogP contribution < -0.4 is 16.8 Å². The Bertz CT molecular complexity index is 631. The molecule has 0 aliphatic heterocycles. The van der Waals surface area contributed by atoms with Gasteiger partial charge >= 0.3 is 0 Å². The summed E-state index contributed by atoms with van der Waals surface area (Å²) in [5.41, 5.74) is 13.9. The van der Waals surface area contributed by atoms with Crippen molar-refractivity contribution in [2.75, 3.05) is 17.6 Å². The molecule has 0 radical (unpaired) electrons. The molecule has 1 fully saturated rings. The van der Waals surface area contributed by atoms with Crippen LogP contribution in [-0.4, -0.2) is 32.3 Å². The summed E-state index contributed by atoms with van der Waals surface area (Å²) in [6.45, 7) is 0.842. The second-order valence-electron chi connectivity index (χ2n) is 6.02. The quantitative estimate of drug-likeness (QED) is 0.688. The molecule has 2 aromatic heterocycles. The highest BCUT2D eigenvalue weighted by atomic mass is 15.2. The van der Waals surface area contributed by atoms with Gasteiger partial charge in [-0.15, -0.1) is 0 Å². The minimum Gasteiger partial charge on any atom is -0.370 e. The highest BCUT2D eigenvalue weighted by Gasteiger charge is 2.29. The minimum absolute atomic E-state index is 0.303. The largest absolute Gasteiger partial charge is 0.370 e. The maximum absolute atomic E-state index is 5.84. The van der Waals surface area contributed by atoms with Crippen molar-refractivity contribution in [3.05, 3.63) is 29.7 Å². The molecule has 7 heteroatoms. The summed E-state index contributed by atoms with van der Waals surface area (Å²) < 4.78 is 1.82. The lowest BCUT2D eigenvalue weighted by Crippen LogP contribution is -2.35. The average molecular weight is 301 g/mol. The van der Waals surface area contributed by atoms with Crippen molar-refractivity contribution in [1.82, 2.24) is 19.7 Å². The number of aryl methyl sites for hydroxylation is 2. The zero-order valence-corrected chi connectivity index (χ0v) is 12.9. The van der Waals surface area contributed by atoms with Gasteiger partial charge in [-0.3, -0.25) is 4.68 Å². The molecule has 1 aliphatic rings. The fraction of sp³-hybridized carbons (Fsp3) is 0.533. The second-order valence-corrected chi connectivity index (χ2v) is 6.02. The van der Waals surface area contributed by atoms with Crippen molar-refractivity contribution < 1.29 is 0 Å². The first-order valence-electron chi connectivity index (χ1n) is 7.71. The van der Waals surface area contributed by atoms with Crippen LogP contribution in [0.4, 0.5) is 11.8 Å². The van der Waals surface area contributed by atoms with Gasteiger partial charge in [0, 0.05) is 37.8 Å². The van der Waals surface area contributed by atoms with Gasteiger partial charge in [0.25, 0.3) is 0 Å². The maximum Gasteiger partial charge on any atom is 0.222 e. The third kappa shape index (κ3) is 3.54. The second kappa shape index (κ2) is 6.31. The number of rotatable bonds is 6. The van der Waals surface area contributed by atoms with Gasteiger partial charge in [-0.05, 0) is 31.2 Å². The molecule has 3 rings (SSSR count). The van der Waals surface area contributed by atoms with E-state index in [1.165, 1.54) is 5.56 Å². The van der Waals surface area contributed by atoms with E-state index in [0.29, 0.717) is 17.9 Å². The van der Waals surface area contributed by atoms with E-state index in [2.05, 4.69) is 20.4 Å². The molecule has 1 saturated carbocycles. The molecule has 0 unspecified atom stereocenters. The molecule has 2 heterocycles. The van der Waals surface area contributed by atoms with E-state index in [4.69, 9.17) is 11.5 Å². The lowest BCUT2D eigenvalue weighted by atomic mass is 9.78.